The van der Waals surface area contributed by atoms with Gasteiger partial charge in [0.15, 0.2) is 17.4 Å². The molecule has 0 saturated carbocycles. The molecular weight excluding hydrogens is 224 g/mol. The molecule has 0 aliphatic carbocycles. The van der Waals surface area contributed by atoms with Crippen molar-refractivity contribution in [2.75, 3.05) is 0 Å². The van der Waals surface area contributed by atoms with E-state index in [1.54, 1.807) is 0 Å². The van der Waals surface area contributed by atoms with Crippen molar-refractivity contribution in [2.24, 2.45) is 0 Å². The first-order valence-electron chi connectivity index (χ1n) is 0. The average molecular weight is 229 g/mol. The fourth-order valence-electron chi connectivity index (χ4n) is 0. The molecule has 0 heterocycles. The Hall–Kier alpha value is 2.82. The Kier molecular flexibility index (Phi) is 266. The van der Waals surface area contributed by atoms with Crippen molar-refractivity contribution in [3.8, 4) is 0 Å². The van der Waals surface area contributed by atoms with Gasteiger partial charge in [0.1, 0.15) is 0 Å². The maximum Gasteiger partial charge on any atom is 0.316 e. The van der Waals surface area contributed by atoms with Gasteiger partial charge in [-0.05, 0) is 0 Å². The van der Waals surface area contributed by atoms with E-state index in [1.807, 2.05) is 0 Å². The van der Waals surface area contributed by atoms with Gasteiger partial charge in [-0.15, -0.1) is 0 Å². The zero-order valence-electron chi connectivity index (χ0n) is 1.03. The van der Waals surface area contributed by atoms with Gasteiger partial charge in [-0.3, -0.25) is 0 Å². The fourth-order valence-corrected chi connectivity index (χ4v) is 0. The molecular formula is H5AlCoMgMnNi. The van der Waals surface area contributed by atoms with E-state index in [9.17, 15) is 0 Å². The van der Waals surface area contributed by atoms with Gasteiger partial charge >= 0.3 is 23.1 Å². The SMILES string of the molecule is [AlH3].[Co].[MgH2].[Mn].[Ni]. The van der Waals surface area contributed by atoms with Gasteiger partial charge in [-0.2, -0.15) is 0 Å². The molecule has 0 unspecified atom stereocenters. The van der Waals surface area contributed by atoms with E-state index < -0.39 is 0 Å². The van der Waals surface area contributed by atoms with Crippen molar-refractivity contribution in [2.45, 2.75) is 0 Å². The summed E-state index contributed by atoms with van der Waals surface area (Å²) in [5.74, 6) is 0. The monoisotopic (exact) mass is 228 g/mol. The van der Waals surface area contributed by atoms with E-state index in [1.165, 1.54) is 0 Å². The van der Waals surface area contributed by atoms with Crippen LogP contribution in [0.1, 0.15) is 0 Å². The molecule has 5 heteroatoms. The number of hydrogen-bond acceptors (Lipinski definition) is 0. The molecule has 0 spiro atoms. The largest absolute Gasteiger partial charge is 0.316 e. The third-order valence-corrected chi connectivity index (χ3v) is 0. The van der Waals surface area contributed by atoms with Crippen LogP contribution < -0.4 is 0 Å². The summed E-state index contributed by atoms with van der Waals surface area (Å²) in [5, 5.41) is 0. The third kappa shape index (κ3) is 19.9. The van der Waals surface area contributed by atoms with Crippen molar-refractivity contribution in [3.63, 3.8) is 0 Å². The van der Waals surface area contributed by atoms with Crippen LogP contribution in [0.4, 0.5) is 0 Å². The van der Waals surface area contributed by atoms with Gasteiger partial charge in [-0.25, -0.2) is 0 Å². The minimum atomic E-state index is 0. The molecule has 0 atom stereocenters. The summed E-state index contributed by atoms with van der Waals surface area (Å²) in [6.07, 6.45) is 0. The van der Waals surface area contributed by atoms with Crippen LogP contribution in [0.5, 0.6) is 0 Å². The molecule has 0 amide bonds. The molecule has 0 aliphatic heterocycles. The van der Waals surface area contributed by atoms with Crippen molar-refractivity contribution in [1.29, 1.82) is 0 Å². The molecule has 0 aromatic carbocycles. The minimum Gasteiger partial charge on any atom is 0 e. The van der Waals surface area contributed by atoms with Crippen molar-refractivity contribution in [3.05, 3.63) is 0 Å². The topological polar surface area (TPSA) is 0 Å². The summed E-state index contributed by atoms with van der Waals surface area (Å²) in [4.78, 5) is 0. The fraction of sp³-hybridized carbons (Fsp3) is 0. The Morgan fingerprint density at radius 2 is 1.00 bits per heavy atom. The Morgan fingerprint density at radius 1 is 1.00 bits per heavy atom. The zero-order chi connectivity index (χ0) is 0. The van der Waals surface area contributed by atoms with Crippen LogP contribution in [0.15, 0.2) is 0 Å². The summed E-state index contributed by atoms with van der Waals surface area (Å²) in [7, 11) is 0. The third-order valence-electron chi connectivity index (χ3n) is 0. The van der Waals surface area contributed by atoms with Gasteiger partial charge in [0.25, 0.3) is 0 Å². The predicted octanol–water partition coefficient (Wildman–Crippen LogP) is -2.11. The van der Waals surface area contributed by atoms with Crippen molar-refractivity contribution in [1.82, 2.24) is 0 Å². The van der Waals surface area contributed by atoms with E-state index in [4.69, 9.17) is 0 Å². The first kappa shape index (κ1) is 45.8. The average Bonchev–Trinajstić information content (AvgIpc) is 0. The molecule has 2 radical (unpaired) electrons. The van der Waals surface area contributed by atoms with Crippen LogP contribution in [0, 0.1) is 0 Å². The molecule has 0 saturated heterocycles. The number of hydrogen-bond donors (Lipinski definition) is 0. The van der Waals surface area contributed by atoms with Gasteiger partial charge < -0.3 is 0 Å². The van der Waals surface area contributed by atoms with Crippen molar-refractivity contribution < 1.29 is 50.3 Å². The van der Waals surface area contributed by atoms with Crippen LogP contribution in [0.25, 0.3) is 0 Å². The summed E-state index contributed by atoms with van der Waals surface area (Å²) >= 11 is 0. The summed E-state index contributed by atoms with van der Waals surface area (Å²) in [6.45, 7) is 0. The minimum absolute atomic E-state index is 0. The molecule has 0 nitrogen and oxygen atoms in total. The molecule has 0 bridgehead atoms. The van der Waals surface area contributed by atoms with Gasteiger partial charge in [0.2, 0.25) is 0 Å². The van der Waals surface area contributed by atoms with Crippen molar-refractivity contribution >= 4 is 40.4 Å². The van der Waals surface area contributed by atoms with E-state index in [2.05, 4.69) is 0 Å². The molecule has 36 valence electrons. The maximum atomic E-state index is 0. The molecule has 5 heavy (non-hydrogen) atoms. The van der Waals surface area contributed by atoms with Crippen LogP contribution in [0.3, 0.4) is 0 Å². The molecule has 0 rings (SSSR count). The normalized spacial score (nSPS) is 0. The Morgan fingerprint density at radius 3 is 1.00 bits per heavy atom. The smallest absolute Gasteiger partial charge is 0 e. The van der Waals surface area contributed by atoms with E-state index in [0.717, 1.165) is 0 Å². The summed E-state index contributed by atoms with van der Waals surface area (Å²) in [5.41, 5.74) is 0. The van der Waals surface area contributed by atoms with E-state index in [0.29, 0.717) is 0 Å². The van der Waals surface area contributed by atoms with Crippen LogP contribution in [-0.2, 0) is 50.3 Å². The van der Waals surface area contributed by atoms with Gasteiger partial charge in [0.05, 0.1) is 0 Å². The number of rotatable bonds is 0. The molecule has 0 aromatic rings. The van der Waals surface area contributed by atoms with E-state index >= 15 is 0 Å². The quantitative estimate of drug-likeness (QED) is 0.417. The predicted molar refractivity (Wildman–Crippen MR) is 18.5 cm³/mol. The summed E-state index contributed by atoms with van der Waals surface area (Å²) < 4.78 is 0. The maximum absolute atomic E-state index is 0. The molecule has 0 aliphatic rings. The summed E-state index contributed by atoms with van der Waals surface area (Å²) in [6, 6.07) is 0. The Bertz CT molecular complexity index is 11.6. The van der Waals surface area contributed by atoms with Gasteiger partial charge in [-0.1, -0.05) is 0 Å². The van der Waals surface area contributed by atoms with Crippen LogP contribution >= 0.6 is 0 Å². The van der Waals surface area contributed by atoms with Crippen LogP contribution in [0.2, 0.25) is 0 Å². The standard InChI is InChI=1S/Al.Co.Mg.Mn.Ni.5H. The Labute approximate surface area is 89.5 Å². The molecule has 0 fully saturated rings. The second-order valence-electron chi connectivity index (χ2n) is 0. The van der Waals surface area contributed by atoms with Crippen LogP contribution in [-0.4, -0.2) is 40.4 Å². The first-order valence-corrected chi connectivity index (χ1v) is 0. The Balaban J connectivity index is 0. The second-order valence-corrected chi connectivity index (χ2v) is 0. The van der Waals surface area contributed by atoms with E-state index in [-0.39, 0.29) is 90.8 Å². The molecule has 0 aromatic heterocycles. The van der Waals surface area contributed by atoms with Gasteiger partial charge in [0, 0.05) is 50.3 Å². The molecule has 0 N–H and O–H groups in total. The zero-order valence-corrected chi connectivity index (χ0v) is 4.24. The first-order chi connectivity index (χ1) is 0. The second kappa shape index (κ2) is 29.1.